The molecule has 0 amide bonds. The van der Waals surface area contributed by atoms with Crippen molar-refractivity contribution in [3.05, 3.63) is 0 Å². The standard InChI is InChI=1S/C7H10O3/c8-6-3-5-1-2-9-7(5)10-4-6/h5,7H,1-4H2/t5-,7+/m0/s1. The summed E-state index contributed by atoms with van der Waals surface area (Å²) >= 11 is 0. The highest BCUT2D eigenvalue weighted by Crippen LogP contribution is 2.28. The van der Waals surface area contributed by atoms with Crippen LogP contribution in [0.3, 0.4) is 0 Å². The van der Waals surface area contributed by atoms with Crippen LogP contribution >= 0.6 is 0 Å². The summed E-state index contributed by atoms with van der Waals surface area (Å²) in [6, 6.07) is 0. The van der Waals surface area contributed by atoms with E-state index in [-0.39, 0.29) is 18.7 Å². The van der Waals surface area contributed by atoms with Gasteiger partial charge in [0.1, 0.15) is 6.61 Å². The van der Waals surface area contributed by atoms with Crippen LogP contribution in [0.1, 0.15) is 12.8 Å². The van der Waals surface area contributed by atoms with Crippen molar-refractivity contribution < 1.29 is 14.3 Å². The topological polar surface area (TPSA) is 35.5 Å². The third kappa shape index (κ3) is 0.954. The van der Waals surface area contributed by atoms with Crippen LogP contribution in [0.4, 0.5) is 0 Å². The van der Waals surface area contributed by atoms with E-state index in [0.29, 0.717) is 12.3 Å². The molecule has 2 atom stereocenters. The molecule has 0 bridgehead atoms. The first kappa shape index (κ1) is 6.31. The van der Waals surface area contributed by atoms with Gasteiger partial charge in [-0.2, -0.15) is 0 Å². The van der Waals surface area contributed by atoms with Gasteiger partial charge in [-0.05, 0) is 6.42 Å². The zero-order chi connectivity index (χ0) is 6.97. The third-order valence-corrected chi connectivity index (χ3v) is 2.05. The predicted octanol–water partition coefficient (Wildman–Crippen LogP) is 0.338. The fourth-order valence-corrected chi connectivity index (χ4v) is 1.52. The lowest BCUT2D eigenvalue weighted by Gasteiger charge is -2.22. The van der Waals surface area contributed by atoms with Gasteiger partial charge in [-0.15, -0.1) is 0 Å². The summed E-state index contributed by atoms with van der Waals surface area (Å²) in [6.07, 6.45) is 1.57. The second-order valence-corrected chi connectivity index (χ2v) is 2.84. The van der Waals surface area contributed by atoms with E-state index in [1.165, 1.54) is 0 Å². The quantitative estimate of drug-likeness (QED) is 0.489. The number of rotatable bonds is 0. The Morgan fingerprint density at radius 2 is 2.30 bits per heavy atom. The maximum atomic E-state index is 10.8. The summed E-state index contributed by atoms with van der Waals surface area (Å²) in [4.78, 5) is 10.8. The Kier molecular flexibility index (Phi) is 1.47. The molecule has 0 aromatic rings. The Morgan fingerprint density at radius 1 is 1.40 bits per heavy atom. The van der Waals surface area contributed by atoms with Gasteiger partial charge in [0.05, 0.1) is 6.61 Å². The molecule has 0 aromatic carbocycles. The molecule has 2 aliphatic rings. The van der Waals surface area contributed by atoms with Crippen molar-refractivity contribution in [2.45, 2.75) is 19.1 Å². The molecule has 3 heteroatoms. The van der Waals surface area contributed by atoms with Gasteiger partial charge in [-0.25, -0.2) is 0 Å². The maximum Gasteiger partial charge on any atom is 0.161 e. The minimum Gasteiger partial charge on any atom is -0.352 e. The van der Waals surface area contributed by atoms with Crippen LogP contribution < -0.4 is 0 Å². The van der Waals surface area contributed by atoms with E-state index in [9.17, 15) is 4.79 Å². The molecule has 0 saturated carbocycles. The zero-order valence-electron chi connectivity index (χ0n) is 5.71. The molecule has 0 spiro atoms. The highest BCUT2D eigenvalue weighted by Gasteiger charge is 2.34. The lowest BCUT2D eigenvalue weighted by Crippen LogP contribution is -2.31. The van der Waals surface area contributed by atoms with Crippen molar-refractivity contribution in [2.24, 2.45) is 5.92 Å². The van der Waals surface area contributed by atoms with Gasteiger partial charge in [-0.1, -0.05) is 0 Å². The first-order chi connectivity index (χ1) is 4.86. The number of fused-ring (bicyclic) bond motifs is 1. The molecular weight excluding hydrogens is 132 g/mol. The molecule has 2 saturated heterocycles. The molecular formula is C7H10O3. The van der Waals surface area contributed by atoms with E-state index in [2.05, 4.69) is 0 Å². The smallest absolute Gasteiger partial charge is 0.161 e. The highest BCUT2D eigenvalue weighted by atomic mass is 16.7. The van der Waals surface area contributed by atoms with Crippen molar-refractivity contribution in [3.63, 3.8) is 0 Å². The molecule has 0 N–H and O–H groups in total. The van der Waals surface area contributed by atoms with Crippen molar-refractivity contribution in [1.82, 2.24) is 0 Å². The number of Topliss-reactive ketones (excluding diaryl/α,β-unsaturated/α-hetero) is 1. The minimum absolute atomic E-state index is 0.0716. The van der Waals surface area contributed by atoms with E-state index in [1.54, 1.807) is 0 Å². The number of carbonyl (C=O) groups excluding carboxylic acids is 1. The van der Waals surface area contributed by atoms with E-state index in [1.807, 2.05) is 0 Å². The average molecular weight is 142 g/mol. The summed E-state index contributed by atoms with van der Waals surface area (Å²) in [6.45, 7) is 1.00. The van der Waals surface area contributed by atoms with Crippen molar-refractivity contribution in [3.8, 4) is 0 Å². The summed E-state index contributed by atoms with van der Waals surface area (Å²) in [5.41, 5.74) is 0. The van der Waals surface area contributed by atoms with Crippen LogP contribution in [0.5, 0.6) is 0 Å². The third-order valence-electron chi connectivity index (χ3n) is 2.05. The summed E-state index contributed by atoms with van der Waals surface area (Å²) in [5.74, 6) is 0.563. The van der Waals surface area contributed by atoms with Gasteiger partial charge in [0.25, 0.3) is 0 Å². The van der Waals surface area contributed by atoms with Crippen molar-refractivity contribution >= 4 is 5.78 Å². The second kappa shape index (κ2) is 2.32. The lowest BCUT2D eigenvalue weighted by molar-refractivity contribution is -0.166. The van der Waals surface area contributed by atoms with Gasteiger partial charge in [0.2, 0.25) is 0 Å². The Labute approximate surface area is 59.3 Å². The lowest BCUT2D eigenvalue weighted by atomic mass is 9.99. The number of carbonyl (C=O) groups is 1. The summed E-state index contributed by atoms with van der Waals surface area (Å²) in [7, 11) is 0. The summed E-state index contributed by atoms with van der Waals surface area (Å²) in [5, 5.41) is 0. The largest absolute Gasteiger partial charge is 0.352 e. The zero-order valence-corrected chi connectivity index (χ0v) is 5.71. The Bertz CT molecular complexity index is 155. The molecule has 10 heavy (non-hydrogen) atoms. The highest BCUT2D eigenvalue weighted by molar-refractivity contribution is 5.80. The molecule has 2 rings (SSSR count). The number of ketones is 1. The predicted molar refractivity (Wildman–Crippen MR) is 33.4 cm³/mol. The van der Waals surface area contributed by atoms with Gasteiger partial charge in [-0.3, -0.25) is 4.79 Å². The molecule has 2 aliphatic heterocycles. The van der Waals surface area contributed by atoms with Gasteiger partial charge >= 0.3 is 0 Å². The Balaban J connectivity index is 2.03. The van der Waals surface area contributed by atoms with Crippen molar-refractivity contribution in [1.29, 1.82) is 0 Å². The number of hydrogen-bond donors (Lipinski definition) is 0. The summed E-state index contributed by atoms with van der Waals surface area (Å²) < 4.78 is 10.4. The van der Waals surface area contributed by atoms with Crippen molar-refractivity contribution in [2.75, 3.05) is 13.2 Å². The van der Waals surface area contributed by atoms with E-state index >= 15 is 0 Å². The Morgan fingerprint density at radius 3 is 3.20 bits per heavy atom. The normalized spacial score (nSPS) is 39.8. The Hall–Kier alpha value is -0.410. The van der Waals surface area contributed by atoms with Gasteiger partial charge < -0.3 is 9.47 Å². The second-order valence-electron chi connectivity index (χ2n) is 2.84. The van der Waals surface area contributed by atoms with E-state index < -0.39 is 0 Å². The fraction of sp³-hybridized carbons (Fsp3) is 0.857. The van der Waals surface area contributed by atoms with Gasteiger partial charge in [0.15, 0.2) is 12.1 Å². The van der Waals surface area contributed by atoms with E-state index in [4.69, 9.17) is 9.47 Å². The molecule has 0 radical (unpaired) electrons. The average Bonchev–Trinajstić information content (AvgIpc) is 2.33. The number of hydrogen-bond acceptors (Lipinski definition) is 3. The number of ether oxygens (including phenoxy) is 2. The first-order valence-corrected chi connectivity index (χ1v) is 3.61. The first-order valence-electron chi connectivity index (χ1n) is 3.61. The molecule has 0 unspecified atom stereocenters. The monoisotopic (exact) mass is 142 g/mol. The molecule has 2 fully saturated rings. The molecule has 3 nitrogen and oxygen atoms in total. The molecule has 2 heterocycles. The molecule has 0 aromatic heterocycles. The molecule has 0 aliphatic carbocycles. The molecule has 56 valence electrons. The van der Waals surface area contributed by atoms with Crippen LogP contribution in [-0.2, 0) is 14.3 Å². The van der Waals surface area contributed by atoms with E-state index in [0.717, 1.165) is 13.0 Å². The van der Waals surface area contributed by atoms with Crippen LogP contribution in [0.25, 0.3) is 0 Å². The SMILES string of the molecule is O=C1CO[C@H]2OCC[C@H]2C1. The van der Waals surface area contributed by atoms with Crippen LogP contribution in [0, 0.1) is 5.92 Å². The maximum absolute atomic E-state index is 10.8. The van der Waals surface area contributed by atoms with Crippen LogP contribution in [-0.4, -0.2) is 25.3 Å². The fourth-order valence-electron chi connectivity index (χ4n) is 1.52. The van der Waals surface area contributed by atoms with Crippen LogP contribution in [0.15, 0.2) is 0 Å². The van der Waals surface area contributed by atoms with Crippen LogP contribution in [0.2, 0.25) is 0 Å². The van der Waals surface area contributed by atoms with Gasteiger partial charge in [0, 0.05) is 12.3 Å². The minimum atomic E-state index is -0.0716.